The van der Waals surface area contributed by atoms with Gasteiger partial charge in [0, 0.05) is 64.7 Å². The van der Waals surface area contributed by atoms with Crippen molar-refractivity contribution in [2.45, 2.75) is 52.4 Å². The molecule has 0 aliphatic carbocycles. The van der Waals surface area contributed by atoms with E-state index in [1.807, 2.05) is 4.90 Å². The van der Waals surface area contributed by atoms with Crippen molar-refractivity contribution in [1.29, 1.82) is 0 Å². The van der Waals surface area contributed by atoms with Crippen LogP contribution in [0.2, 0.25) is 0 Å². The Bertz CT molecular complexity index is 1080. The van der Waals surface area contributed by atoms with Gasteiger partial charge in [-0.05, 0) is 67.9 Å². The van der Waals surface area contributed by atoms with Gasteiger partial charge in [0.2, 0.25) is 17.7 Å². The molecule has 3 saturated heterocycles. The average Bonchev–Trinajstić information content (AvgIpc) is 2.99. The van der Waals surface area contributed by atoms with Crippen LogP contribution >= 0.6 is 0 Å². The van der Waals surface area contributed by atoms with Gasteiger partial charge in [0.15, 0.2) is 0 Å². The molecule has 0 aromatic carbocycles. The molecule has 5 heterocycles. The molecule has 10 nitrogen and oxygen atoms in total. The molecule has 1 N–H and O–H groups in total. The summed E-state index contributed by atoms with van der Waals surface area (Å²) in [6.45, 7) is 12.4. The number of likely N-dealkylation sites (tertiary alicyclic amines) is 1. The number of nitrogens with one attached hydrogen (secondary N) is 1. The maximum absolute atomic E-state index is 13.8. The van der Waals surface area contributed by atoms with Crippen molar-refractivity contribution in [3.05, 3.63) is 23.9 Å². The van der Waals surface area contributed by atoms with Gasteiger partial charge in [0.05, 0.1) is 19.8 Å². The number of carbonyl (C=O) groups is 3. The predicted molar refractivity (Wildman–Crippen MR) is 159 cm³/mol. The summed E-state index contributed by atoms with van der Waals surface area (Å²) in [4.78, 5) is 50.8. The average molecular weight is 584 g/mol. The lowest BCUT2D eigenvalue weighted by atomic mass is 9.79. The third-order valence-electron chi connectivity index (χ3n) is 9.58. The van der Waals surface area contributed by atoms with Crippen molar-refractivity contribution < 1.29 is 23.9 Å². The largest absolute Gasteiger partial charge is 0.478 e. The normalized spacial score (nSPS) is 28.5. The molecule has 0 unspecified atom stereocenters. The molecule has 4 bridgehead atoms. The summed E-state index contributed by atoms with van der Waals surface area (Å²) in [7, 11) is 0. The van der Waals surface area contributed by atoms with Gasteiger partial charge in [-0.1, -0.05) is 19.9 Å². The number of rotatable bonds is 4. The van der Waals surface area contributed by atoms with Crippen LogP contribution in [-0.4, -0.2) is 110 Å². The fraction of sp³-hybridized carbons (Fsp3) is 0.750. The van der Waals surface area contributed by atoms with Gasteiger partial charge in [-0.25, -0.2) is 4.98 Å². The second-order valence-electron chi connectivity index (χ2n) is 13.1. The second kappa shape index (κ2) is 14.6. The van der Waals surface area contributed by atoms with Crippen LogP contribution in [0.3, 0.4) is 0 Å². The van der Waals surface area contributed by atoms with Crippen LogP contribution in [0.15, 0.2) is 18.2 Å². The van der Waals surface area contributed by atoms with E-state index in [1.54, 1.807) is 18.2 Å². The number of nitrogens with zero attached hydrogens (tertiary/aromatic N) is 4. The third-order valence-corrected chi connectivity index (χ3v) is 9.58. The van der Waals surface area contributed by atoms with Crippen molar-refractivity contribution in [1.82, 2.24) is 25.0 Å². The quantitative estimate of drug-likeness (QED) is 0.581. The highest BCUT2D eigenvalue weighted by Gasteiger charge is 2.36. The van der Waals surface area contributed by atoms with E-state index in [1.165, 1.54) is 0 Å². The lowest BCUT2D eigenvalue weighted by molar-refractivity contribution is -0.139. The molecular formula is C32H49N5O5. The number of ether oxygens (including phenoxy) is 2. The Morgan fingerprint density at radius 1 is 0.976 bits per heavy atom. The molecule has 0 radical (unpaired) electrons. The summed E-state index contributed by atoms with van der Waals surface area (Å²) in [5.41, 5.74) is 0.353. The number of amides is 3. The Labute approximate surface area is 250 Å². The van der Waals surface area contributed by atoms with Crippen molar-refractivity contribution in [3.8, 4) is 5.88 Å². The number of morpholine rings is 1. The summed E-state index contributed by atoms with van der Waals surface area (Å²) in [6, 6.07) is 5.29. The molecule has 3 fully saturated rings. The Balaban J connectivity index is 1.32. The number of pyridine rings is 1. The van der Waals surface area contributed by atoms with E-state index < -0.39 is 0 Å². The first kappa shape index (κ1) is 30.7. The fourth-order valence-corrected chi connectivity index (χ4v) is 7.25. The zero-order chi connectivity index (χ0) is 29.5. The van der Waals surface area contributed by atoms with Crippen LogP contribution in [-0.2, 0) is 14.3 Å². The van der Waals surface area contributed by atoms with Crippen LogP contribution in [0, 0.1) is 29.6 Å². The van der Waals surface area contributed by atoms with Crippen molar-refractivity contribution in [2.24, 2.45) is 29.6 Å². The van der Waals surface area contributed by atoms with Crippen LogP contribution in [0.1, 0.15) is 62.9 Å². The standard InChI is InChI=1S/C32H49N5O5/c1-23(2)20-35-11-7-24-19-31(39)37-12-8-25(18-30(38)36-13-16-41-17-14-36)27(22-37)9-15-42-29-5-3-4-28(34-29)32(40)33-10-6-26(24)21-35/h3-5,23-27H,6-22H2,1-2H3,(H,33,40)/t24-,25-,26-,27-/m0/s1. The van der Waals surface area contributed by atoms with Crippen LogP contribution < -0.4 is 10.1 Å². The SMILES string of the molecule is CC(C)CN1CC[C@H]2CC(=O)N3CC[C@@H](CC(=O)N4CCOCC4)[C@@H](CCOc4cccc(n4)C(=O)NCC[C@H]2C1)C3. The number of hydrogen-bond donors (Lipinski definition) is 1. The summed E-state index contributed by atoms with van der Waals surface area (Å²) in [5, 5.41) is 3.06. The summed E-state index contributed by atoms with van der Waals surface area (Å²) in [6.07, 6.45) is 4.44. The van der Waals surface area contributed by atoms with Crippen LogP contribution in [0.25, 0.3) is 0 Å². The predicted octanol–water partition coefficient (Wildman–Crippen LogP) is 2.68. The number of hydrogen-bond acceptors (Lipinski definition) is 7. The molecule has 0 saturated carbocycles. The van der Waals surface area contributed by atoms with Gasteiger partial charge in [-0.3, -0.25) is 14.4 Å². The molecule has 4 atom stereocenters. The third kappa shape index (κ3) is 8.22. The molecule has 1 aromatic rings. The summed E-state index contributed by atoms with van der Waals surface area (Å²) < 4.78 is 11.5. The first-order valence-electron chi connectivity index (χ1n) is 16.1. The molecule has 0 spiro atoms. The van der Waals surface area contributed by atoms with Crippen molar-refractivity contribution in [3.63, 3.8) is 0 Å². The second-order valence-corrected chi connectivity index (χ2v) is 13.1. The highest BCUT2D eigenvalue weighted by atomic mass is 16.5. The van der Waals surface area contributed by atoms with Gasteiger partial charge >= 0.3 is 0 Å². The number of fused-ring (bicyclic) bond motifs is 5. The Morgan fingerprint density at radius 2 is 1.81 bits per heavy atom. The molecule has 10 heteroatoms. The van der Waals surface area contributed by atoms with E-state index in [-0.39, 0.29) is 29.6 Å². The van der Waals surface area contributed by atoms with Gasteiger partial charge in [-0.15, -0.1) is 0 Å². The minimum atomic E-state index is -0.198. The zero-order valence-corrected chi connectivity index (χ0v) is 25.5. The van der Waals surface area contributed by atoms with Gasteiger partial charge < -0.3 is 29.5 Å². The highest BCUT2D eigenvalue weighted by Crippen LogP contribution is 2.34. The Kier molecular flexibility index (Phi) is 10.7. The van der Waals surface area contributed by atoms with E-state index >= 15 is 0 Å². The number of piperidine rings is 2. The smallest absolute Gasteiger partial charge is 0.270 e. The Hall–Kier alpha value is -2.72. The molecule has 1 aromatic heterocycles. The lowest BCUT2D eigenvalue weighted by Crippen LogP contribution is -2.48. The molecule has 5 rings (SSSR count). The highest BCUT2D eigenvalue weighted by molar-refractivity contribution is 5.92. The first-order chi connectivity index (χ1) is 20.4. The molecular weight excluding hydrogens is 534 g/mol. The molecule has 3 amide bonds. The monoisotopic (exact) mass is 583 g/mol. The first-order valence-corrected chi connectivity index (χ1v) is 16.1. The van der Waals surface area contributed by atoms with E-state index in [0.717, 1.165) is 45.3 Å². The Morgan fingerprint density at radius 3 is 2.62 bits per heavy atom. The topological polar surface area (TPSA) is 104 Å². The maximum Gasteiger partial charge on any atom is 0.270 e. The molecule has 42 heavy (non-hydrogen) atoms. The lowest BCUT2D eigenvalue weighted by Gasteiger charge is -2.42. The summed E-state index contributed by atoms with van der Waals surface area (Å²) in [5.74, 6) is 2.25. The molecule has 232 valence electrons. The summed E-state index contributed by atoms with van der Waals surface area (Å²) >= 11 is 0. The van der Waals surface area contributed by atoms with Gasteiger partial charge in [-0.2, -0.15) is 0 Å². The van der Waals surface area contributed by atoms with E-state index in [4.69, 9.17) is 9.47 Å². The molecule has 4 aliphatic heterocycles. The number of aromatic nitrogens is 1. The van der Waals surface area contributed by atoms with E-state index in [0.29, 0.717) is 94.7 Å². The number of carbonyl (C=O) groups excluding carboxylic acids is 3. The molecule has 4 aliphatic rings. The van der Waals surface area contributed by atoms with Gasteiger partial charge in [0.25, 0.3) is 5.91 Å². The van der Waals surface area contributed by atoms with Gasteiger partial charge in [0.1, 0.15) is 5.69 Å². The fourth-order valence-electron chi connectivity index (χ4n) is 7.25. The zero-order valence-electron chi connectivity index (χ0n) is 25.5. The van der Waals surface area contributed by atoms with E-state index in [9.17, 15) is 14.4 Å². The minimum Gasteiger partial charge on any atom is -0.478 e. The minimum absolute atomic E-state index is 0.165. The maximum atomic E-state index is 13.8. The van der Waals surface area contributed by atoms with Crippen LogP contribution in [0.5, 0.6) is 5.88 Å². The van der Waals surface area contributed by atoms with Crippen molar-refractivity contribution >= 4 is 17.7 Å². The van der Waals surface area contributed by atoms with Crippen molar-refractivity contribution in [2.75, 3.05) is 72.2 Å². The van der Waals surface area contributed by atoms with Crippen LogP contribution in [0.4, 0.5) is 0 Å². The van der Waals surface area contributed by atoms with E-state index in [2.05, 4.69) is 33.9 Å².